The molecule has 0 aliphatic carbocycles. The number of hydrazone groups is 1. The van der Waals surface area contributed by atoms with Crippen molar-refractivity contribution in [3.63, 3.8) is 0 Å². The number of ether oxygens (including phenoxy) is 3. The summed E-state index contributed by atoms with van der Waals surface area (Å²) in [5, 5.41) is 15.7. The van der Waals surface area contributed by atoms with E-state index in [2.05, 4.69) is 41.1 Å². The van der Waals surface area contributed by atoms with E-state index in [1.807, 2.05) is 38.1 Å². The predicted octanol–water partition coefficient (Wildman–Crippen LogP) is 6.51. The Morgan fingerprint density at radius 3 is 2.43 bits per heavy atom. The molecule has 42 heavy (non-hydrogen) atoms. The Morgan fingerprint density at radius 1 is 1.07 bits per heavy atom. The zero-order valence-electron chi connectivity index (χ0n) is 24.2. The fraction of sp³-hybridized carbons (Fsp3) is 0.290. The molecule has 4 rings (SSSR count). The van der Waals surface area contributed by atoms with E-state index in [1.54, 1.807) is 19.1 Å². The zero-order valence-corrected chi connectivity index (χ0v) is 24.2. The molecular weight excluding hydrogens is 540 g/mol. The number of aromatic nitrogens is 1. The summed E-state index contributed by atoms with van der Waals surface area (Å²) in [6.45, 7) is 10.0. The quantitative estimate of drug-likeness (QED) is 0.109. The Kier molecular flexibility index (Phi) is 9.64. The summed E-state index contributed by atoms with van der Waals surface area (Å²) in [7, 11) is 0. The third kappa shape index (κ3) is 7.17. The summed E-state index contributed by atoms with van der Waals surface area (Å²) in [4.78, 5) is 23.8. The lowest BCUT2D eigenvalue weighted by Crippen LogP contribution is -2.17. The largest absolute Gasteiger partial charge is 0.490 e. The molecule has 0 unspecified atom stereocenters. The van der Waals surface area contributed by atoms with Gasteiger partial charge in [0, 0.05) is 28.7 Å². The van der Waals surface area contributed by atoms with Crippen molar-refractivity contribution in [2.75, 3.05) is 6.61 Å². The maximum absolute atomic E-state index is 12.6. The molecule has 2 heterocycles. The Hall–Kier alpha value is -5.06. The normalized spacial score (nSPS) is 11.8. The van der Waals surface area contributed by atoms with Gasteiger partial charge in [-0.1, -0.05) is 6.92 Å². The van der Waals surface area contributed by atoms with E-state index < -0.39 is 10.8 Å². The average Bonchev–Trinajstić information content (AvgIpc) is 3.59. The van der Waals surface area contributed by atoms with Crippen molar-refractivity contribution in [3.8, 4) is 22.9 Å². The van der Waals surface area contributed by atoms with Crippen LogP contribution in [0.3, 0.4) is 0 Å². The summed E-state index contributed by atoms with van der Waals surface area (Å²) in [6.07, 6.45) is 1.71. The van der Waals surface area contributed by atoms with Crippen LogP contribution in [0.1, 0.15) is 60.5 Å². The first-order valence-electron chi connectivity index (χ1n) is 13.6. The standard InChI is InChI=1S/C31H34N4O7/c1-6-22(5)41-30-27(35(37)38)16-23(17-29(30)39-7-2)18-32-33-31(36)28-15-14-26(42-28)19-40-25-12-10-24(11-13-25)34-20(3)8-9-21(34)4/h8-18,22H,6-7,19H2,1-5H3,(H,33,36)/b32-18+/t22-/m1/s1. The third-order valence-corrected chi connectivity index (χ3v) is 6.46. The van der Waals surface area contributed by atoms with Crippen LogP contribution in [-0.4, -0.2) is 34.3 Å². The lowest BCUT2D eigenvalue weighted by atomic mass is 10.1. The zero-order chi connectivity index (χ0) is 30.2. The number of aryl methyl sites for hydroxylation is 2. The second-order valence-corrected chi connectivity index (χ2v) is 9.59. The molecular formula is C31H34N4O7. The van der Waals surface area contributed by atoms with E-state index in [0.717, 1.165) is 17.1 Å². The number of nitro benzene ring substituents is 1. The van der Waals surface area contributed by atoms with Crippen LogP contribution in [0.25, 0.3) is 5.69 Å². The van der Waals surface area contributed by atoms with Crippen LogP contribution < -0.4 is 19.6 Å². The smallest absolute Gasteiger partial charge is 0.315 e. The van der Waals surface area contributed by atoms with Crippen molar-refractivity contribution in [2.24, 2.45) is 5.10 Å². The number of hydrogen-bond acceptors (Lipinski definition) is 8. The highest BCUT2D eigenvalue weighted by Gasteiger charge is 2.24. The minimum Gasteiger partial charge on any atom is -0.490 e. The molecule has 2 aromatic heterocycles. The first kappa shape index (κ1) is 29.9. The van der Waals surface area contributed by atoms with E-state index >= 15 is 0 Å². The second-order valence-electron chi connectivity index (χ2n) is 9.59. The molecule has 2 aromatic carbocycles. The summed E-state index contributed by atoms with van der Waals surface area (Å²) in [5.74, 6) is 0.854. The first-order valence-corrected chi connectivity index (χ1v) is 13.6. The van der Waals surface area contributed by atoms with Gasteiger partial charge in [-0.3, -0.25) is 14.9 Å². The molecule has 0 radical (unpaired) electrons. The molecule has 0 fully saturated rings. The molecule has 1 amide bonds. The molecule has 0 spiro atoms. The number of amides is 1. The highest BCUT2D eigenvalue weighted by molar-refractivity contribution is 5.92. The van der Waals surface area contributed by atoms with Crippen molar-refractivity contribution < 1.29 is 28.3 Å². The lowest BCUT2D eigenvalue weighted by Gasteiger charge is -2.16. The van der Waals surface area contributed by atoms with Gasteiger partial charge in [0.15, 0.2) is 11.5 Å². The second kappa shape index (κ2) is 13.5. The van der Waals surface area contributed by atoms with Crippen molar-refractivity contribution in [1.82, 2.24) is 9.99 Å². The summed E-state index contributed by atoms with van der Waals surface area (Å²) in [5.41, 5.74) is 5.80. The van der Waals surface area contributed by atoms with E-state index in [-0.39, 0.29) is 42.3 Å². The van der Waals surface area contributed by atoms with Crippen LogP contribution >= 0.6 is 0 Å². The Bertz CT molecular complexity index is 1550. The summed E-state index contributed by atoms with van der Waals surface area (Å²) in [6, 6.07) is 17.9. The predicted molar refractivity (Wildman–Crippen MR) is 158 cm³/mol. The van der Waals surface area contributed by atoms with Gasteiger partial charge in [0.25, 0.3) is 0 Å². The van der Waals surface area contributed by atoms with Crippen LogP contribution in [0.4, 0.5) is 5.69 Å². The molecule has 11 nitrogen and oxygen atoms in total. The van der Waals surface area contributed by atoms with Crippen LogP contribution in [0, 0.1) is 24.0 Å². The number of rotatable bonds is 13. The van der Waals surface area contributed by atoms with Gasteiger partial charge in [0.05, 0.1) is 23.8 Å². The van der Waals surface area contributed by atoms with E-state index in [0.29, 0.717) is 23.5 Å². The Labute approximate surface area is 243 Å². The highest BCUT2D eigenvalue weighted by Crippen LogP contribution is 2.39. The molecule has 0 aliphatic heterocycles. The maximum Gasteiger partial charge on any atom is 0.315 e. The molecule has 0 saturated heterocycles. The fourth-order valence-corrected chi connectivity index (χ4v) is 4.20. The molecule has 220 valence electrons. The monoisotopic (exact) mass is 574 g/mol. The van der Waals surface area contributed by atoms with Gasteiger partial charge in [-0.05, 0) is 88.7 Å². The number of nitrogens with one attached hydrogen (secondary N) is 1. The third-order valence-electron chi connectivity index (χ3n) is 6.46. The van der Waals surface area contributed by atoms with Gasteiger partial charge in [-0.15, -0.1) is 0 Å². The van der Waals surface area contributed by atoms with Crippen molar-refractivity contribution in [1.29, 1.82) is 0 Å². The number of carbonyl (C=O) groups is 1. The Morgan fingerprint density at radius 2 is 1.79 bits per heavy atom. The van der Waals surface area contributed by atoms with Crippen LogP contribution in [0.2, 0.25) is 0 Å². The number of benzene rings is 2. The highest BCUT2D eigenvalue weighted by atomic mass is 16.6. The number of carbonyl (C=O) groups excluding carboxylic acids is 1. The topological polar surface area (TPSA) is 130 Å². The molecule has 0 saturated carbocycles. The van der Waals surface area contributed by atoms with Gasteiger partial charge in [0.1, 0.15) is 18.1 Å². The molecule has 1 N–H and O–H groups in total. The van der Waals surface area contributed by atoms with Crippen molar-refractivity contribution in [2.45, 2.75) is 53.8 Å². The van der Waals surface area contributed by atoms with E-state index in [9.17, 15) is 14.9 Å². The van der Waals surface area contributed by atoms with Crippen LogP contribution in [0.15, 0.2) is 70.2 Å². The summed E-state index contributed by atoms with van der Waals surface area (Å²) < 4.78 is 24.9. The minimum absolute atomic E-state index is 0.0398. The molecule has 11 heteroatoms. The minimum atomic E-state index is -0.587. The number of nitrogens with zero attached hydrogens (tertiary/aromatic N) is 3. The molecule has 0 aliphatic rings. The van der Waals surface area contributed by atoms with Gasteiger partial charge in [-0.25, -0.2) is 5.43 Å². The van der Waals surface area contributed by atoms with E-state index in [1.165, 1.54) is 18.3 Å². The lowest BCUT2D eigenvalue weighted by molar-refractivity contribution is -0.386. The molecule has 4 aromatic rings. The fourth-order valence-electron chi connectivity index (χ4n) is 4.20. The van der Waals surface area contributed by atoms with Crippen LogP contribution in [-0.2, 0) is 6.61 Å². The molecule has 1 atom stereocenters. The number of hydrogen-bond donors (Lipinski definition) is 1. The Balaban J connectivity index is 1.37. The average molecular weight is 575 g/mol. The number of furan rings is 1. The van der Waals surface area contributed by atoms with Crippen molar-refractivity contribution >= 4 is 17.8 Å². The van der Waals surface area contributed by atoms with E-state index in [4.69, 9.17) is 18.6 Å². The van der Waals surface area contributed by atoms with Gasteiger partial charge < -0.3 is 23.2 Å². The van der Waals surface area contributed by atoms with Crippen LogP contribution in [0.5, 0.6) is 17.2 Å². The van der Waals surface area contributed by atoms with Gasteiger partial charge in [0.2, 0.25) is 5.75 Å². The SMILES string of the molecule is CCOc1cc(/C=N/NC(=O)c2ccc(COc3ccc(-n4c(C)ccc4C)cc3)o2)cc([N+](=O)[O-])c1O[C@H](C)CC. The first-order chi connectivity index (χ1) is 20.2. The summed E-state index contributed by atoms with van der Waals surface area (Å²) >= 11 is 0. The molecule has 0 bridgehead atoms. The maximum atomic E-state index is 12.6. The van der Waals surface area contributed by atoms with Gasteiger partial charge in [-0.2, -0.15) is 5.10 Å². The van der Waals surface area contributed by atoms with Crippen molar-refractivity contribution in [3.05, 3.63) is 99.2 Å². The van der Waals surface area contributed by atoms with Gasteiger partial charge >= 0.3 is 11.6 Å². The number of nitro groups is 1.